The van der Waals surface area contributed by atoms with E-state index >= 15 is 0 Å². The third-order valence-electron chi connectivity index (χ3n) is 4.85. The molecule has 3 rings (SSSR count). The fourth-order valence-corrected chi connectivity index (χ4v) is 4.68. The van der Waals surface area contributed by atoms with E-state index in [2.05, 4.69) is 4.72 Å². The van der Waals surface area contributed by atoms with Crippen molar-refractivity contribution in [1.82, 2.24) is 9.62 Å². The molecule has 0 aromatic heterocycles. The van der Waals surface area contributed by atoms with Gasteiger partial charge in [0.15, 0.2) is 0 Å². The highest BCUT2D eigenvalue weighted by molar-refractivity contribution is 7.89. The van der Waals surface area contributed by atoms with Crippen LogP contribution in [0.1, 0.15) is 25.3 Å². The summed E-state index contributed by atoms with van der Waals surface area (Å²) in [6, 6.07) is 10.7. The van der Waals surface area contributed by atoms with Gasteiger partial charge in [0, 0.05) is 24.7 Å². The number of nitrogens with zero attached hydrogens (tertiary/aromatic N) is 1. The van der Waals surface area contributed by atoms with Gasteiger partial charge in [0.25, 0.3) is 0 Å². The second kappa shape index (κ2) is 9.87. The summed E-state index contributed by atoms with van der Waals surface area (Å²) in [7, 11) is -3.91. The minimum atomic E-state index is -3.91. The summed E-state index contributed by atoms with van der Waals surface area (Å²) in [4.78, 5) is 14.6. The van der Waals surface area contributed by atoms with Crippen LogP contribution in [-0.4, -0.2) is 44.5 Å². The van der Waals surface area contributed by atoms with Crippen LogP contribution in [0.2, 0.25) is 5.02 Å². The number of hydrogen-bond donors (Lipinski definition) is 1. The van der Waals surface area contributed by atoms with Gasteiger partial charge >= 0.3 is 0 Å². The smallest absolute Gasteiger partial charge is 0.241 e. The molecule has 1 aliphatic heterocycles. The number of amides is 1. The van der Waals surface area contributed by atoms with Crippen molar-refractivity contribution in [2.24, 2.45) is 0 Å². The Morgan fingerprint density at radius 3 is 2.67 bits per heavy atom. The van der Waals surface area contributed by atoms with Gasteiger partial charge in [0.1, 0.15) is 5.82 Å². The highest BCUT2D eigenvalue weighted by atomic mass is 35.5. The van der Waals surface area contributed by atoms with Crippen molar-refractivity contribution in [1.29, 1.82) is 0 Å². The number of hydrogen-bond acceptors (Lipinski definition) is 4. The maximum absolute atomic E-state index is 13.6. The van der Waals surface area contributed by atoms with Crippen molar-refractivity contribution < 1.29 is 22.3 Å². The number of ether oxygens (including phenoxy) is 1. The molecule has 2 atom stereocenters. The van der Waals surface area contributed by atoms with E-state index in [4.69, 9.17) is 16.3 Å². The Labute approximate surface area is 181 Å². The number of carbonyl (C=O) groups excluding carboxylic acids is 1. The fourth-order valence-electron chi connectivity index (χ4n) is 3.36. The highest BCUT2D eigenvalue weighted by Gasteiger charge is 2.29. The van der Waals surface area contributed by atoms with Crippen LogP contribution in [0.4, 0.5) is 4.39 Å². The number of nitrogens with one attached hydrogen (secondary N) is 1. The quantitative estimate of drug-likeness (QED) is 0.663. The SMILES string of the molecule is C[C@H](NS(=O)(=O)c1ccc(Cl)cc1)C(=O)N(Cc1cccc(F)c1)CC1CCCO1. The van der Waals surface area contributed by atoms with Crippen LogP contribution in [0.25, 0.3) is 0 Å². The summed E-state index contributed by atoms with van der Waals surface area (Å²) in [5, 5.41) is 0.413. The molecule has 1 aliphatic rings. The molecule has 1 N–H and O–H groups in total. The molecule has 1 fully saturated rings. The van der Waals surface area contributed by atoms with Gasteiger partial charge in [-0.1, -0.05) is 23.7 Å². The first-order chi connectivity index (χ1) is 14.2. The first-order valence-electron chi connectivity index (χ1n) is 9.67. The molecule has 162 valence electrons. The second-order valence-corrected chi connectivity index (χ2v) is 9.43. The summed E-state index contributed by atoms with van der Waals surface area (Å²) in [6.07, 6.45) is 1.60. The lowest BCUT2D eigenvalue weighted by Gasteiger charge is -2.28. The van der Waals surface area contributed by atoms with E-state index in [1.54, 1.807) is 12.1 Å². The van der Waals surface area contributed by atoms with E-state index in [-0.39, 0.29) is 17.5 Å². The van der Waals surface area contributed by atoms with E-state index in [1.807, 2.05) is 0 Å². The van der Waals surface area contributed by atoms with Gasteiger partial charge in [-0.2, -0.15) is 4.72 Å². The van der Waals surface area contributed by atoms with Gasteiger partial charge in [0.05, 0.1) is 17.0 Å². The van der Waals surface area contributed by atoms with Crippen molar-refractivity contribution in [3.05, 3.63) is 64.9 Å². The molecule has 1 amide bonds. The first kappa shape index (κ1) is 22.7. The molecular formula is C21H24ClFN2O4S. The monoisotopic (exact) mass is 454 g/mol. The predicted octanol–water partition coefficient (Wildman–Crippen LogP) is 3.35. The van der Waals surface area contributed by atoms with Crippen LogP contribution in [0, 0.1) is 5.82 Å². The zero-order chi connectivity index (χ0) is 21.7. The summed E-state index contributed by atoms with van der Waals surface area (Å²) < 4.78 is 46.9. The summed E-state index contributed by atoms with van der Waals surface area (Å²) in [6.45, 7) is 2.58. The van der Waals surface area contributed by atoms with E-state index in [0.717, 1.165) is 12.8 Å². The van der Waals surface area contributed by atoms with Gasteiger partial charge in [-0.25, -0.2) is 12.8 Å². The normalized spacial score (nSPS) is 17.6. The maximum atomic E-state index is 13.6. The Morgan fingerprint density at radius 1 is 1.30 bits per heavy atom. The summed E-state index contributed by atoms with van der Waals surface area (Å²) in [5.41, 5.74) is 0.620. The van der Waals surface area contributed by atoms with Crippen LogP contribution in [0.5, 0.6) is 0 Å². The number of carbonyl (C=O) groups is 1. The van der Waals surface area contributed by atoms with Gasteiger partial charge < -0.3 is 9.64 Å². The Hall–Kier alpha value is -2.00. The van der Waals surface area contributed by atoms with Gasteiger partial charge in [0.2, 0.25) is 15.9 Å². The molecule has 0 saturated carbocycles. The lowest BCUT2D eigenvalue weighted by molar-refractivity contribution is -0.134. The Kier molecular flexibility index (Phi) is 7.46. The largest absolute Gasteiger partial charge is 0.376 e. The third kappa shape index (κ3) is 6.01. The number of halogens is 2. The molecule has 0 aliphatic carbocycles. The molecule has 1 heterocycles. The Bertz CT molecular complexity index is 979. The van der Waals surface area contributed by atoms with E-state index < -0.39 is 27.8 Å². The summed E-state index contributed by atoms with van der Waals surface area (Å²) >= 11 is 5.81. The molecule has 2 aromatic rings. The van der Waals surface area contributed by atoms with Crippen LogP contribution in [0.3, 0.4) is 0 Å². The lowest BCUT2D eigenvalue weighted by atomic mass is 10.1. The highest BCUT2D eigenvalue weighted by Crippen LogP contribution is 2.18. The molecule has 0 radical (unpaired) electrons. The van der Waals surface area contributed by atoms with Gasteiger partial charge in [-0.05, 0) is 61.7 Å². The zero-order valence-electron chi connectivity index (χ0n) is 16.6. The topological polar surface area (TPSA) is 75.7 Å². The molecule has 30 heavy (non-hydrogen) atoms. The van der Waals surface area contributed by atoms with Crippen molar-refractivity contribution in [3.8, 4) is 0 Å². The molecular weight excluding hydrogens is 431 g/mol. The summed E-state index contributed by atoms with van der Waals surface area (Å²) in [5.74, 6) is -0.805. The standard InChI is InChI=1S/C21H24ClFN2O4S/c1-15(24-30(27,28)20-9-7-17(22)8-10-20)21(26)25(14-19-6-3-11-29-19)13-16-4-2-5-18(23)12-16/h2,4-5,7-10,12,15,19,24H,3,6,11,13-14H2,1H3/t15-,19?/m0/s1. The Morgan fingerprint density at radius 2 is 2.03 bits per heavy atom. The van der Waals surface area contributed by atoms with Crippen molar-refractivity contribution in [2.75, 3.05) is 13.2 Å². The predicted molar refractivity (Wildman–Crippen MR) is 112 cm³/mol. The molecule has 0 spiro atoms. The number of sulfonamides is 1. The average Bonchev–Trinajstić information content (AvgIpc) is 3.20. The average molecular weight is 455 g/mol. The minimum absolute atomic E-state index is 0.0161. The van der Waals surface area contributed by atoms with Crippen LogP contribution < -0.4 is 4.72 Å². The molecule has 2 aromatic carbocycles. The second-order valence-electron chi connectivity index (χ2n) is 7.28. The minimum Gasteiger partial charge on any atom is -0.376 e. The molecule has 9 heteroatoms. The molecule has 6 nitrogen and oxygen atoms in total. The maximum Gasteiger partial charge on any atom is 0.241 e. The number of rotatable bonds is 8. The van der Waals surface area contributed by atoms with Gasteiger partial charge in [-0.15, -0.1) is 0 Å². The zero-order valence-corrected chi connectivity index (χ0v) is 18.1. The van der Waals surface area contributed by atoms with E-state index in [1.165, 1.54) is 48.2 Å². The third-order valence-corrected chi connectivity index (χ3v) is 6.66. The van der Waals surface area contributed by atoms with Crippen LogP contribution >= 0.6 is 11.6 Å². The van der Waals surface area contributed by atoms with Crippen LogP contribution in [0.15, 0.2) is 53.4 Å². The molecule has 1 unspecified atom stereocenters. The molecule has 0 bridgehead atoms. The van der Waals surface area contributed by atoms with Gasteiger partial charge in [-0.3, -0.25) is 4.79 Å². The molecule has 1 saturated heterocycles. The van der Waals surface area contributed by atoms with Crippen molar-refractivity contribution in [2.45, 2.75) is 43.4 Å². The Balaban J connectivity index is 1.75. The van der Waals surface area contributed by atoms with E-state index in [0.29, 0.717) is 23.7 Å². The lowest BCUT2D eigenvalue weighted by Crippen LogP contribution is -2.48. The van der Waals surface area contributed by atoms with E-state index in [9.17, 15) is 17.6 Å². The van der Waals surface area contributed by atoms with Crippen LogP contribution in [-0.2, 0) is 26.1 Å². The number of benzene rings is 2. The fraction of sp³-hybridized carbons (Fsp3) is 0.381. The first-order valence-corrected chi connectivity index (χ1v) is 11.5. The van der Waals surface area contributed by atoms with Crippen molar-refractivity contribution in [3.63, 3.8) is 0 Å². The van der Waals surface area contributed by atoms with Crippen molar-refractivity contribution >= 4 is 27.5 Å².